The van der Waals surface area contributed by atoms with Crippen molar-refractivity contribution >= 4 is 15.9 Å². The van der Waals surface area contributed by atoms with E-state index < -0.39 is 0 Å². The lowest BCUT2D eigenvalue weighted by Gasteiger charge is -2.29. The third-order valence-corrected chi connectivity index (χ3v) is 3.91. The van der Waals surface area contributed by atoms with Crippen molar-refractivity contribution in [3.8, 4) is 0 Å². The van der Waals surface area contributed by atoms with E-state index in [9.17, 15) is 0 Å². The Bertz CT molecular complexity index is 372. The summed E-state index contributed by atoms with van der Waals surface area (Å²) in [5.74, 6) is 0.397. The SMILES string of the molecule is CC(C)n1ncc(Br)c1C(N)C1CCCOC1. The molecular weight excluding hydrogens is 282 g/mol. The molecule has 0 spiro atoms. The van der Waals surface area contributed by atoms with E-state index in [4.69, 9.17) is 10.5 Å². The van der Waals surface area contributed by atoms with Gasteiger partial charge in [0.05, 0.1) is 29.0 Å². The Hall–Kier alpha value is -0.390. The lowest BCUT2D eigenvalue weighted by Crippen LogP contribution is -2.31. The van der Waals surface area contributed by atoms with Gasteiger partial charge in [-0.05, 0) is 42.6 Å². The summed E-state index contributed by atoms with van der Waals surface area (Å²) < 4.78 is 8.52. The highest BCUT2D eigenvalue weighted by Gasteiger charge is 2.27. The molecule has 1 aliphatic rings. The second kappa shape index (κ2) is 5.50. The van der Waals surface area contributed by atoms with E-state index in [0.717, 1.165) is 36.2 Å². The molecule has 96 valence electrons. The summed E-state index contributed by atoms with van der Waals surface area (Å²) in [4.78, 5) is 0. The maximum atomic E-state index is 6.38. The monoisotopic (exact) mass is 301 g/mol. The van der Waals surface area contributed by atoms with Crippen molar-refractivity contribution in [2.75, 3.05) is 13.2 Å². The number of hydrogen-bond donors (Lipinski definition) is 1. The number of nitrogens with zero attached hydrogens (tertiary/aromatic N) is 2. The van der Waals surface area contributed by atoms with Crippen LogP contribution < -0.4 is 5.73 Å². The highest BCUT2D eigenvalue weighted by Crippen LogP contribution is 2.32. The molecule has 1 aliphatic heterocycles. The zero-order valence-electron chi connectivity index (χ0n) is 10.4. The molecule has 0 amide bonds. The first kappa shape index (κ1) is 13.1. The summed E-state index contributed by atoms with van der Waals surface area (Å²) >= 11 is 3.55. The van der Waals surface area contributed by atoms with Gasteiger partial charge < -0.3 is 10.5 Å². The van der Waals surface area contributed by atoms with Gasteiger partial charge in [-0.3, -0.25) is 4.68 Å². The van der Waals surface area contributed by atoms with Gasteiger partial charge in [0.2, 0.25) is 0 Å². The van der Waals surface area contributed by atoms with E-state index in [2.05, 4.69) is 34.9 Å². The van der Waals surface area contributed by atoms with Crippen molar-refractivity contribution < 1.29 is 4.74 Å². The van der Waals surface area contributed by atoms with Crippen LogP contribution in [-0.2, 0) is 4.74 Å². The van der Waals surface area contributed by atoms with Crippen LogP contribution in [0.15, 0.2) is 10.7 Å². The predicted molar refractivity (Wildman–Crippen MR) is 70.8 cm³/mol. The van der Waals surface area contributed by atoms with Gasteiger partial charge in [0, 0.05) is 18.6 Å². The van der Waals surface area contributed by atoms with E-state index in [-0.39, 0.29) is 6.04 Å². The van der Waals surface area contributed by atoms with Crippen LogP contribution in [0.4, 0.5) is 0 Å². The Kier molecular flexibility index (Phi) is 4.22. The average molecular weight is 302 g/mol. The van der Waals surface area contributed by atoms with Crippen molar-refractivity contribution in [3.63, 3.8) is 0 Å². The summed E-state index contributed by atoms with van der Waals surface area (Å²) in [7, 11) is 0. The van der Waals surface area contributed by atoms with Gasteiger partial charge in [-0.2, -0.15) is 5.10 Å². The number of halogens is 1. The number of nitrogens with two attached hydrogens (primary N) is 1. The Morgan fingerprint density at radius 2 is 2.35 bits per heavy atom. The van der Waals surface area contributed by atoms with Gasteiger partial charge in [0.25, 0.3) is 0 Å². The fraction of sp³-hybridized carbons (Fsp3) is 0.750. The first-order valence-electron chi connectivity index (χ1n) is 6.17. The fourth-order valence-electron chi connectivity index (χ4n) is 2.35. The van der Waals surface area contributed by atoms with E-state index in [1.165, 1.54) is 0 Å². The molecule has 0 bridgehead atoms. The zero-order chi connectivity index (χ0) is 12.4. The fourth-order valence-corrected chi connectivity index (χ4v) is 2.88. The van der Waals surface area contributed by atoms with Crippen LogP contribution in [-0.4, -0.2) is 23.0 Å². The van der Waals surface area contributed by atoms with E-state index >= 15 is 0 Å². The quantitative estimate of drug-likeness (QED) is 0.934. The van der Waals surface area contributed by atoms with Crippen molar-refractivity contribution in [3.05, 3.63) is 16.4 Å². The van der Waals surface area contributed by atoms with E-state index in [1.54, 1.807) is 0 Å². The van der Waals surface area contributed by atoms with Gasteiger partial charge in [0.15, 0.2) is 0 Å². The highest BCUT2D eigenvalue weighted by atomic mass is 79.9. The average Bonchev–Trinajstić information content (AvgIpc) is 2.71. The maximum Gasteiger partial charge on any atom is 0.0700 e. The topological polar surface area (TPSA) is 53.1 Å². The van der Waals surface area contributed by atoms with Crippen LogP contribution in [0.2, 0.25) is 0 Å². The first-order valence-corrected chi connectivity index (χ1v) is 6.96. The summed E-state index contributed by atoms with van der Waals surface area (Å²) in [6, 6.07) is 0.321. The number of hydrogen-bond acceptors (Lipinski definition) is 3. The maximum absolute atomic E-state index is 6.38. The lowest BCUT2D eigenvalue weighted by molar-refractivity contribution is 0.0434. The third kappa shape index (κ3) is 2.72. The van der Waals surface area contributed by atoms with Crippen LogP contribution in [0, 0.1) is 5.92 Å². The molecule has 2 rings (SSSR count). The van der Waals surface area contributed by atoms with Crippen molar-refractivity contribution in [1.82, 2.24) is 9.78 Å². The van der Waals surface area contributed by atoms with Crippen LogP contribution in [0.1, 0.15) is 44.5 Å². The predicted octanol–water partition coefficient (Wildman–Crippen LogP) is 2.65. The largest absolute Gasteiger partial charge is 0.381 e. The van der Waals surface area contributed by atoms with Crippen LogP contribution in [0.25, 0.3) is 0 Å². The van der Waals surface area contributed by atoms with Crippen molar-refractivity contribution in [2.24, 2.45) is 11.7 Å². The molecule has 0 aromatic carbocycles. The number of ether oxygens (including phenoxy) is 1. The Balaban J connectivity index is 2.22. The molecule has 1 aromatic rings. The molecule has 1 saturated heterocycles. The molecular formula is C12H20BrN3O. The van der Waals surface area contributed by atoms with Gasteiger partial charge in [-0.15, -0.1) is 0 Å². The van der Waals surface area contributed by atoms with E-state index in [1.807, 2.05) is 10.9 Å². The lowest BCUT2D eigenvalue weighted by atomic mass is 9.92. The Morgan fingerprint density at radius 3 is 2.94 bits per heavy atom. The van der Waals surface area contributed by atoms with Crippen LogP contribution in [0.5, 0.6) is 0 Å². The second-order valence-corrected chi connectivity index (χ2v) is 5.77. The molecule has 0 radical (unpaired) electrons. The summed E-state index contributed by atoms with van der Waals surface area (Å²) in [6.07, 6.45) is 4.07. The molecule has 2 heterocycles. The van der Waals surface area contributed by atoms with E-state index in [0.29, 0.717) is 12.0 Å². The summed E-state index contributed by atoms with van der Waals surface area (Å²) in [5, 5.41) is 4.38. The molecule has 2 N–H and O–H groups in total. The molecule has 2 atom stereocenters. The first-order chi connectivity index (χ1) is 8.11. The van der Waals surface area contributed by atoms with Crippen molar-refractivity contribution in [1.29, 1.82) is 0 Å². The molecule has 5 heteroatoms. The second-order valence-electron chi connectivity index (χ2n) is 4.92. The van der Waals surface area contributed by atoms with Crippen molar-refractivity contribution in [2.45, 2.75) is 38.8 Å². The molecule has 0 saturated carbocycles. The Labute approximate surface area is 111 Å². The van der Waals surface area contributed by atoms with Gasteiger partial charge >= 0.3 is 0 Å². The van der Waals surface area contributed by atoms with Crippen LogP contribution in [0.3, 0.4) is 0 Å². The highest BCUT2D eigenvalue weighted by molar-refractivity contribution is 9.10. The van der Waals surface area contributed by atoms with Gasteiger partial charge in [0.1, 0.15) is 0 Å². The molecule has 4 nitrogen and oxygen atoms in total. The number of rotatable bonds is 3. The number of aromatic nitrogens is 2. The Morgan fingerprint density at radius 1 is 1.59 bits per heavy atom. The molecule has 2 unspecified atom stereocenters. The minimum Gasteiger partial charge on any atom is -0.381 e. The summed E-state index contributed by atoms with van der Waals surface area (Å²) in [6.45, 7) is 5.87. The zero-order valence-corrected chi connectivity index (χ0v) is 12.0. The normalized spacial score (nSPS) is 23.0. The minimum absolute atomic E-state index is 0.00502. The molecule has 0 aliphatic carbocycles. The third-order valence-electron chi connectivity index (χ3n) is 3.30. The smallest absolute Gasteiger partial charge is 0.0700 e. The minimum atomic E-state index is -0.00502. The van der Waals surface area contributed by atoms with Crippen LogP contribution >= 0.6 is 15.9 Å². The standard InChI is InChI=1S/C12H20BrN3O/c1-8(2)16-12(10(13)6-15-16)11(14)9-4-3-5-17-7-9/h6,8-9,11H,3-5,7,14H2,1-2H3. The summed E-state index contributed by atoms with van der Waals surface area (Å²) in [5.41, 5.74) is 7.48. The van der Waals surface area contributed by atoms with Gasteiger partial charge in [-0.1, -0.05) is 0 Å². The molecule has 1 fully saturated rings. The molecule has 1 aromatic heterocycles. The van der Waals surface area contributed by atoms with Gasteiger partial charge in [-0.25, -0.2) is 0 Å². The molecule has 17 heavy (non-hydrogen) atoms.